The van der Waals surface area contributed by atoms with E-state index in [1.165, 1.54) is 0 Å². The highest BCUT2D eigenvalue weighted by molar-refractivity contribution is 6.04. The molecule has 74 valence electrons. The molecule has 5 heteroatoms. The van der Waals surface area contributed by atoms with Gasteiger partial charge >= 0.3 is 0 Å². The van der Waals surface area contributed by atoms with Crippen molar-refractivity contribution < 1.29 is 0 Å². The van der Waals surface area contributed by atoms with Crippen LogP contribution in [0.15, 0.2) is 30.7 Å². The molecule has 0 unspecified atom stereocenters. The third kappa shape index (κ3) is 1.14. The van der Waals surface area contributed by atoms with Crippen LogP contribution in [-0.4, -0.2) is 15.0 Å². The quantitative estimate of drug-likeness (QED) is 0.409. The van der Waals surface area contributed by atoms with Gasteiger partial charge in [-0.15, -0.1) is 0 Å². The van der Waals surface area contributed by atoms with Crippen LogP contribution in [-0.2, 0) is 0 Å². The Hall–Kier alpha value is -2.14. The molecule has 0 spiro atoms. The van der Waals surface area contributed by atoms with E-state index in [1.54, 1.807) is 12.5 Å². The average molecular weight is 199 g/mol. The van der Waals surface area contributed by atoms with Gasteiger partial charge in [0.05, 0.1) is 17.4 Å². The molecule has 0 saturated heterocycles. The molecular formula is C10H9N5. The number of nitrogens with one attached hydrogen (secondary N) is 2. The first-order chi connectivity index (χ1) is 7.38. The van der Waals surface area contributed by atoms with Gasteiger partial charge in [0, 0.05) is 17.0 Å². The second-order valence-corrected chi connectivity index (χ2v) is 3.30. The first-order valence-corrected chi connectivity index (χ1v) is 4.57. The fraction of sp³-hybridized carbons (Fsp3) is 0. The van der Waals surface area contributed by atoms with E-state index in [2.05, 4.69) is 20.4 Å². The van der Waals surface area contributed by atoms with Crippen molar-refractivity contribution in [3.8, 4) is 0 Å². The number of hydrogen-bond acceptors (Lipinski definition) is 4. The van der Waals surface area contributed by atoms with E-state index in [-0.39, 0.29) is 0 Å². The smallest absolute Gasteiger partial charge is 0.141 e. The average Bonchev–Trinajstić information content (AvgIpc) is 2.72. The lowest BCUT2D eigenvalue weighted by Gasteiger charge is -1.97. The van der Waals surface area contributed by atoms with Crippen LogP contribution in [0.3, 0.4) is 0 Å². The highest BCUT2D eigenvalue weighted by Gasteiger charge is 2.05. The van der Waals surface area contributed by atoms with Gasteiger partial charge in [0.15, 0.2) is 0 Å². The number of H-pyrrole nitrogens is 1. The van der Waals surface area contributed by atoms with Crippen LogP contribution in [0.1, 0.15) is 0 Å². The molecule has 0 radical (unpaired) electrons. The third-order valence-corrected chi connectivity index (χ3v) is 2.42. The number of nitrogen functional groups attached to an aromatic ring is 1. The summed E-state index contributed by atoms with van der Waals surface area (Å²) < 4.78 is 0. The Kier molecular flexibility index (Phi) is 1.60. The van der Waals surface area contributed by atoms with E-state index in [0.29, 0.717) is 5.82 Å². The van der Waals surface area contributed by atoms with E-state index in [9.17, 15) is 0 Å². The molecule has 0 aliphatic heterocycles. The molecule has 2 heterocycles. The number of benzene rings is 1. The fourth-order valence-electron chi connectivity index (χ4n) is 1.72. The molecule has 3 aromatic rings. The maximum atomic E-state index is 5.32. The Morgan fingerprint density at radius 3 is 3.13 bits per heavy atom. The fourth-order valence-corrected chi connectivity index (χ4v) is 1.72. The van der Waals surface area contributed by atoms with E-state index in [0.717, 1.165) is 21.8 Å². The minimum Gasteiger partial charge on any atom is -0.346 e. The number of hydrazine groups is 1. The van der Waals surface area contributed by atoms with Crippen molar-refractivity contribution in [1.82, 2.24) is 15.0 Å². The van der Waals surface area contributed by atoms with Crippen LogP contribution < -0.4 is 11.3 Å². The van der Waals surface area contributed by atoms with Gasteiger partial charge in [-0.3, -0.25) is 0 Å². The Morgan fingerprint density at radius 2 is 2.27 bits per heavy atom. The van der Waals surface area contributed by atoms with E-state index >= 15 is 0 Å². The monoisotopic (exact) mass is 199 g/mol. The molecule has 15 heavy (non-hydrogen) atoms. The van der Waals surface area contributed by atoms with Gasteiger partial charge in [-0.25, -0.2) is 15.8 Å². The Balaban J connectivity index is 2.47. The normalized spacial score (nSPS) is 11.0. The van der Waals surface area contributed by atoms with Crippen molar-refractivity contribution in [3.63, 3.8) is 0 Å². The van der Waals surface area contributed by atoms with Crippen LogP contribution in [0, 0.1) is 0 Å². The lowest BCUT2D eigenvalue weighted by atomic mass is 10.2. The lowest BCUT2D eigenvalue weighted by Crippen LogP contribution is -2.06. The van der Waals surface area contributed by atoms with Crippen molar-refractivity contribution in [2.75, 3.05) is 5.43 Å². The summed E-state index contributed by atoms with van der Waals surface area (Å²) in [4.78, 5) is 11.5. The van der Waals surface area contributed by atoms with Crippen molar-refractivity contribution in [2.45, 2.75) is 0 Å². The van der Waals surface area contributed by atoms with Gasteiger partial charge in [-0.05, 0) is 12.1 Å². The summed E-state index contributed by atoms with van der Waals surface area (Å²) in [5, 5.41) is 2.05. The van der Waals surface area contributed by atoms with E-state index < -0.39 is 0 Å². The van der Waals surface area contributed by atoms with Crippen LogP contribution in [0.25, 0.3) is 21.8 Å². The largest absolute Gasteiger partial charge is 0.346 e. The number of aromatic nitrogens is 3. The molecule has 3 rings (SSSR count). The first-order valence-electron chi connectivity index (χ1n) is 4.57. The molecule has 0 aliphatic rings. The van der Waals surface area contributed by atoms with E-state index in [1.807, 2.05) is 18.2 Å². The van der Waals surface area contributed by atoms with Gasteiger partial charge < -0.3 is 10.4 Å². The van der Waals surface area contributed by atoms with Crippen LogP contribution >= 0.6 is 0 Å². The highest BCUT2D eigenvalue weighted by atomic mass is 15.2. The predicted octanol–water partition coefficient (Wildman–Crippen LogP) is 1.40. The van der Waals surface area contributed by atoms with Crippen LogP contribution in [0.4, 0.5) is 5.82 Å². The maximum Gasteiger partial charge on any atom is 0.141 e. The van der Waals surface area contributed by atoms with Gasteiger partial charge in [0.2, 0.25) is 0 Å². The minimum absolute atomic E-state index is 0.668. The third-order valence-electron chi connectivity index (χ3n) is 2.42. The second kappa shape index (κ2) is 2.93. The highest BCUT2D eigenvalue weighted by Crippen LogP contribution is 2.24. The zero-order valence-corrected chi connectivity index (χ0v) is 7.86. The Morgan fingerprint density at radius 1 is 1.33 bits per heavy atom. The number of rotatable bonds is 1. The first kappa shape index (κ1) is 8.19. The number of hydrogen-bond donors (Lipinski definition) is 3. The molecule has 0 saturated carbocycles. The molecule has 2 aromatic heterocycles. The van der Waals surface area contributed by atoms with Gasteiger partial charge in [0.1, 0.15) is 5.82 Å². The predicted molar refractivity (Wildman–Crippen MR) is 59.2 cm³/mol. The van der Waals surface area contributed by atoms with Gasteiger partial charge in [0.25, 0.3) is 0 Å². The summed E-state index contributed by atoms with van der Waals surface area (Å²) in [6, 6.07) is 5.91. The molecule has 0 atom stereocenters. The van der Waals surface area contributed by atoms with E-state index in [4.69, 9.17) is 5.84 Å². The number of fused-ring (bicyclic) bond motifs is 3. The summed E-state index contributed by atoms with van der Waals surface area (Å²) in [6.07, 6.45) is 3.45. The summed E-state index contributed by atoms with van der Waals surface area (Å²) in [5.74, 6) is 5.99. The Bertz CT molecular complexity index is 628. The van der Waals surface area contributed by atoms with Gasteiger partial charge in [-0.2, -0.15) is 0 Å². The molecule has 0 fully saturated rings. The summed E-state index contributed by atoms with van der Waals surface area (Å²) >= 11 is 0. The number of aromatic amines is 1. The zero-order chi connectivity index (χ0) is 10.3. The molecule has 0 bridgehead atoms. The number of nitrogens with two attached hydrogens (primary N) is 1. The summed E-state index contributed by atoms with van der Waals surface area (Å²) in [5.41, 5.74) is 4.46. The molecule has 0 aliphatic carbocycles. The molecule has 1 aromatic carbocycles. The van der Waals surface area contributed by atoms with Gasteiger partial charge in [-0.1, -0.05) is 6.07 Å². The standard InChI is InChI=1S/C10H9N5/c11-15-9-3-6-1-2-8-7(10(6)14-9)4-12-5-13-8/h1-5,15H,11H2,(H,12,13). The minimum atomic E-state index is 0.668. The van der Waals surface area contributed by atoms with Crippen molar-refractivity contribution in [1.29, 1.82) is 0 Å². The number of nitrogens with zero attached hydrogens (tertiary/aromatic N) is 2. The SMILES string of the molecule is NNc1cc2ccc3[nH]cncc3c2n1. The van der Waals surface area contributed by atoms with Crippen molar-refractivity contribution >= 4 is 27.6 Å². The summed E-state index contributed by atoms with van der Waals surface area (Å²) in [7, 11) is 0. The van der Waals surface area contributed by atoms with Crippen LogP contribution in [0.5, 0.6) is 0 Å². The lowest BCUT2D eigenvalue weighted by molar-refractivity contribution is 1.22. The number of anilines is 1. The molecular weight excluding hydrogens is 190 g/mol. The molecule has 5 nitrogen and oxygen atoms in total. The molecule has 0 amide bonds. The van der Waals surface area contributed by atoms with Crippen molar-refractivity contribution in [3.05, 3.63) is 30.7 Å². The maximum absolute atomic E-state index is 5.32. The topological polar surface area (TPSA) is 79.6 Å². The molecule has 4 N–H and O–H groups in total. The van der Waals surface area contributed by atoms with Crippen LogP contribution in [0.2, 0.25) is 0 Å². The van der Waals surface area contributed by atoms with Crippen molar-refractivity contribution in [2.24, 2.45) is 5.84 Å². The second-order valence-electron chi connectivity index (χ2n) is 3.30. The summed E-state index contributed by atoms with van der Waals surface area (Å²) in [6.45, 7) is 0. The Labute approximate surface area is 85.3 Å². The zero-order valence-electron chi connectivity index (χ0n) is 7.86.